The fraction of sp³-hybridized carbons (Fsp3) is 0.0625. The molecule has 2 aromatic carbocycles. The molecule has 0 radical (unpaired) electrons. The van der Waals surface area contributed by atoms with Crippen LogP contribution in [0.2, 0.25) is 0 Å². The lowest BCUT2D eigenvalue weighted by atomic mass is 10.1. The number of hydrogen-bond donors (Lipinski definition) is 1. The van der Waals surface area contributed by atoms with Crippen molar-refractivity contribution in [2.75, 3.05) is 6.26 Å². The van der Waals surface area contributed by atoms with Crippen molar-refractivity contribution in [2.45, 2.75) is 4.90 Å². The molecule has 0 saturated heterocycles. The molecular formula is C16H14O2S. The van der Waals surface area contributed by atoms with E-state index in [0.717, 1.165) is 10.5 Å². The van der Waals surface area contributed by atoms with Gasteiger partial charge in [-0.05, 0) is 54.3 Å². The average Bonchev–Trinajstić information content (AvgIpc) is 2.46. The minimum atomic E-state index is -0.0271. The zero-order valence-electron chi connectivity index (χ0n) is 10.5. The monoisotopic (exact) mass is 270 g/mol. The summed E-state index contributed by atoms with van der Waals surface area (Å²) in [7, 11) is 0. The van der Waals surface area contributed by atoms with E-state index in [1.165, 1.54) is 0 Å². The summed E-state index contributed by atoms with van der Waals surface area (Å²) in [5.41, 5.74) is 1.56. The number of carbonyl (C=O) groups excluding carboxylic acids is 1. The maximum atomic E-state index is 11.9. The van der Waals surface area contributed by atoms with Crippen LogP contribution >= 0.6 is 11.8 Å². The number of allylic oxidation sites excluding steroid dienone is 1. The van der Waals surface area contributed by atoms with Crippen molar-refractivity contribution < 1.29 is 9.90 Å². The smallest absolute Gasteiger partial charge is 0.185 e. The Morgan fingerprint density at radius 3 is 2.26 bits per heavy atom. The largest absolute Gasteiger partial charge is 0.508 e. The van der Waals surface area contributed by atoms with Crippen molar-refractivity contribution in [3.05, 3.63) is 65.7 Å². The predicted molar refractivity (Wildman–Crippen MR) is 79.7 cm³/mol. The standard InChI is InChI=1S/C16H14O2S/c1-19-15-9-5-13(6-10-15)16(18)11-4-12-2-7-14(17)8-3-12/h2-11,17H,1H3. The van der Waals surface area contributed by atoms with Gasteiger partial charge >= 0.3 is 0 Å². The number of rotatable bonds is 4. The lowest BCUT2D eigenvalue weighted by molar-refractivity contribution is 0.104. The van der Waals surface area contributed by atoms with Crippen LogP contribution in [0.15, 0.2) is 59.5 Å². The molecular weight excluding hydrogens is 256 g/mol. The first-order valence-electron chi connectivity index (χ1n) is 5.84. The number of hydrogen-bond acceptors (Lipinski definition) is 3. The first-order chi connectivity index (χ1) is 9.19. The Morgan fingerprint density at radius 1 is 1.05 bits per heavy atom. The number of ketones is 1. The molecule has 0 aliphatic carbocycles. The Kier molecular flexibility index (Phi) is 4.42. The number of phenols is 1. The van der Waals surface area contributed by atoms with Gasteiger partial charge in [0.05, 0.1) is 0 Å². The Labute approximate surface area is 116 Å². The van der Waals surface area contributed by atoms with E-state index >= 15 is 0 Å². The summed E-state index contributed by atoms with van der Waals surface area (Å²) in [4.78, 5) is 13.1. The SMILES string of the molecule is CSc1ccc(C(=O)C=Cc2ccc(O)cc2)cc1. The van der Waals surface area contributed by atoms with Gasteiger partial charge in [-0.1, -0.05) is 18.2 Å². The molecule has 0 bridgehead atoms. The zero-order valence-corrected chi connectivity index (χ0v) is 11.4. The van der Waals surface area contributed by atoms with Gasteiger partial charge in [-0.2, -0.15) is 0 Å². The summed E-state index contributed by atoms with van der Waals surface area (Å²) in [6, 6.07) is 14.2. The highest BCUT2D eigenvalue weighted by atomic mass is 32.2. The van der Waals surface area contributed by atoms with E-state index in [4.69, 9.17) is 5.11 Å². The molecule has 0 aliphatic heterocycles. The van der Waals surface area contributed by atoms with Gasteiger partial charge in [0, 0.05) is 10.5 Å². The highest BCUT2D eigenvalue weighted by Gasteiger charge is 2.01. The van der Waals surface area contributed by atoms with Crippen molar-refractivity contribution in [2.24, 2.45) is 0 Å². The Morgan fingerprint density at radius 2 is 1.68 bits per heavy atom. The van der Waals surface area contributed by atoms with Crippen LogP contribution in [-0.2, 0) is 0 Å². The minimum absolute atomic E-state index is 0.0271. The number of thioether (sulfide) groups is 1. The summed E-state index contributed by atoms with van der Waals surface area (Å²) >= 11 is 1.65. The summed E-state index contributed by atoms with van der Waals surface area (Å²) in [6.45, 7) is 0. The number of benzene rings is 2. The van der Waals surface area contributed by atoms with Crippen LogP contribution in [0.3, 0.4) is 0 Å². The third-order valence-electron chi connectivity index (χ3n) is 2.69. The van der Waals surface area contributed by atoms with Gasteiger partial charge in [-0.3, -0.25) is 4.79 Å². The number of aromatic hydroxyl groups is 1. The van der Waals surface area contributed by atoms with E-state index in [1.54, 1.807) is 48.2 Å². The molecule has 96 valence electrons. The van der Waals surface area contributed by atoms with E-state index in [2.05, 4.69) is 0 Å². The predicted octanol–water partition coefficient (Wildman–Crippen LogP) is 4.01. The summed E-state index contributed by atoms with van der Waals surface area (Å²) in [5.74, 6) is 0.192. The van der Waals surface area contributed by atoms with E-state index < -0.39 is 0 Å². The third-order valence-corrected chi connectivity index (χ3v) is 3.44. The number of phenolic OH excluding ortho intramolecular Hbond substituents is 1. The molecule has 0 saturated carbocycles. The molecule has 0 fully saturated rings. The first-order valence-corrected chi connectivity index (χ1v) is 7.07. The highest BCUT2D eigenvalue weighted by Crippen LogP contribution is 2.16. The molecule has 2 nitrogen and oxygen atoms in total. The fourth-order valence-corrected chi connectivity index (χ4v) is 2.02. The second-order valence-corrected chi connectivity index (χ2v) is 4.90. The molecule has 0 aliphatic rings. The van der Waals surface area contributed by atoms with Gasteiger partial charge in [0.25, 0.3) is 0 Å². The van der Waals surface area contributed by atoms with E-state index in [1.807, 2.05) is 30.5 Å². The van der Waals surface area contributed by atoms with E-state index in [9.17, 15) is 4.79 Å². The maximum absolute atomic E-state index is 11.9. The van der Waals surface area contributed by atoms with Gasteiger partial charge in [-0.25, -0.2) is 0 Å². The average molecular weight is 270 g/mol. The van der Waals surface area contributed by atoms with Gasteiger partial charge in [0.2, 0.25) is 0 Å². The first kappa shape index (κ1) is 13.4. The maximum Gasteiger partial charge on any atom is 0.185 e. The van der Waals surface area contributed by atoms with Crippen LogP contribution in [0.1, 0.15) is 15.9 Å². The van der Waals surface area contributed by atoms with Gasteiger partial charge < -0.3 is 5.11 Å². The Balaban J connectivity index is 2.09. The zero-order chi connectivity index (χ0) is 13.7. The molecule has 19 heavy (non-hydrogen) atoms. The van der Waals surface area contributed by atoms with Crippen LogP contribution in [0.5, 0.6) is 5.75 Å². The van der Waals surface area contributed by atoms with Crippen molar-refractivity contribution in [3.8, 4) is 5.75 Å². The van der Waals surface area contributed by atoms with Crippen LogP contribution in [0.4, 0.5) is 0 Å². The molecule has 0 heterocycles. The molecule has 1 N–H and O–H groups in total. The van der Waals surface area contributed by atoms with Crippen LogP contribution in [-0.4, -0.2) is 17.1 Å². The van der Waals surface area contributed by atoms with Gasteiger partial charge in [-0.15, -0.1) is 11.8 Å². The van der Waals surface area contributed by atoms with Crippen LogP contribution in [0.25, 0.3) is 6.08 Å². The summed E-state index contributed by atoms with van der Waals surface area (Å²) < 4.78 is 0. The lowest BCUT2D eigenvalue weighted by Gasteiger charge is -1.98. The van der Waals surface area contributed by atoms with Crippen molar-refractivity contribution in [1.82, 2.24) is 0 Å². The molecule has 0 aromatic heterocycles. The topological polar surface area (TPSA) is 37.3 Å². The molecule has 0 atom stereocenters. The summed E-state index contributed by atoms with van der Waals surface area (Å²) in [6.07, 6.45) is 5.28. The van der Waals surface area contributed by atoms with Crippen LogP contribution in [0, 0.1) is 0 Å². The minimum Gasteiger partial charge on any atom is -0.508 e. The van der Waals surface area contributed by atoms with Crippen molar-refractivity contribution >= 4 is 23.6 Å². The fourth-order valence-electron chi connectivity index (χ4n) is 1.61. The quantitative estimate of drug-likeness (QED) is 0.518. The van der Waals surface area contributed by atoms with Crippen LogP contribution < -0.4 is 0 Å². The lowest BCUT2D eigenvalue weighted by Crippen LogP contribution is -1.93. The highest BCUT2D eigenvalue weighted by molar-refractivity contribution is 7.98. The molecule has 2 aromatic rings. The number of carbonyl (C=O) groups is 1. The van der Waals surface area contributed by atoms with Crippen molar-refractivity contribution in [3.63, 3.8) is 0 Å². The molecule has 0 spiro atoms. The molecule has 2 rings (SSSR count). The van der Waals surface area contributed by atoms with Crippen molar-refractivity contribution in [1.29, 1.82) is 0 Å². The second-order valence-electron chi connectivity index (χ2n) is 4.02. The summed E-state index contributed by atoms with van der Waals surface area (Å²) in [5, 5.41) is 9.17. The van der Waals surface area contributed by atoms with E-state index in [-0.39, 0.29) is 11.5 Å². The van der Waals surface area contributed by atoms with E-state index in [0.29, 0.717) is 5.56 Å². The Hall–Kier alpha value is -2.00. The molecule has 0 unspecified atom stereocenters. The molecule has 0 amide bonds. The Bertz CT molecular complexity index is 583. The second kappa shape index (κ2) is 6.25. The van der Waals surface area contributed by atoms with Gasteiger partial charge in [0.15, 0.2) is 5.78 Å². The van der Waals surface area contributed by atoms with Gasteiger partial charge in [0.1, 0.15) is 5.75 Å². The normalized spacial score (nSPS) is 10.8. The third kappa shape index (κ3) is 3.73. The molecule has 3 heteroatoms.